The van der Waals surface area contributed by atoms with Gasteiger partial charge in [-0.15, -0.1) is 0 Å². The average Bonchev–Trinajstić information content (AvgIpc) is 0.675. The van der Waals surface area contributed by atoms with E-state index in [4.69, 9.17) is 56.8 Å². The highest BCUT2D eigenvalue weighted by atomic mass is 16.8. The van der Waals surface area contributed by atoms with Gasteiger partial charge in [0, 0.05) is 5.41 Å². The zero-order valence-corrected chi connectivity index (χ0v) is 55.8. The van der Waals surface area contributed by atoms with Crippen LogP contribution in [0.1, 0.15) is 113 Å². The zero-order chi connectivity index (χ0) is 70.8. The van der Waals surface area contributed by atoms with Crippen molar-refractivity contribution in [2.75, 3.05) is 46.2 Å². The Labute approximate surface area is 561 Å². The van der Waals surface area contributed by atoms with Gasteiger partial charge in [-0.1, -0.05) is 53.2 Å². The Balaban J connectivity index is 0.764. The van der Waals surface area contributed by atoms with Crippen molar-refractivity contribution >= 4 is 5.97 Å². The molecule has 4 saturated carbocycles. The Morgan fingerprint density at radius 2 is 1.14 bits per heavy atom. The first-order valence-corrected chi connectivity index (χ1v) is 34.2. The van der Waals surface area contributed by atoms with Crippen molar-refractivity contribution in [1.29, 1.82) is 0 Å². The first kappa shape index (κ1) is 76.1. The minimum Gasteiger partial charge on any atom is -0.432 e. The molecule has 0 aromatic carbocycles. The lowest BCUT2D eigenvalue weighted by Gasteiger charge is -2.71. The van der Waals surface area contributed by atoms with Crippen LogP contribution in [0.15, 0.2) is 11.6 Å². The maximum atomic E-state index is 15.2. The van der Waals surface area contributed by atoms with Gasteiger partial charge in [-0.05, 0) is 111 Å². The number of esters is 1. The third-order valence-electron chi connectivity index (χ3n) is 25.5. The lowest BCUT2D eigenvalue weighted by molar-refractivity contribution is -0.401. The van der Waals surface area contributed by atoms with Crippen LogP contribution in [0.4, 0.5) is 0 Å². The second kappa shape index (κ2) is 28.5. The van der Waals surface area contributed by atoms with Gasteiger partial charge in [-0.3, -0.25) is 4.79 Å². The monoisotopic (exact) mass is 1400 g/mol. The van der Waals surface area contributed by atoms with Crippen LogP contribution >= 0.6 is 0 Å². The Kier molecular flexibility index (Phi) is 22.4. The molecule has 11 aliphatic rings. The van der Waals surface area contributed by atoms with Gasteiger partial charge in [-0.2, -0.15) is 0 Å². The maximum Gasteiger partial charge on any atom is 0.315 e. The zero-order valence-electron chi connectivity index (χ0n) is 55.8. The van der Waals surface area contributed by atoms with Crippen molar-refractivity contribution in [1.82, 2.24) is 0 Å². The molecule has 19 N–H and O–H groups in total. The van der Waals surface area contributed by atoms with Crippen molar-refractivity contribution in [3.63, 3.8) is 0 Å². The number of aliphatic hydroxyl groups excluding tert-OH is 19. The molecular formula is C65H106O32. The largest absolute Gasteiger partial charge is 0.432 e. The van der Waals surface area contributed by atoms with E-state index in [1.807, 2.05) is 6.92 Å². The van der Waals surface area contributed by atoms with Gasteiger partial charge in [0.05, 0.1) is 63.9 Å². The molecule has 0 amide bonds. The summed E-state index contributed by atoms with van der Waals surface area (Å²) in [7, 11) is 0. The Bertz CT molecular complexity index is 2730. The molecule has 6 heterocycles. The Morgan fingerprint density at radius 1 is 0.536 bits per heavy atom. The SMILES string of the molecule is CC1OC(OC2C(O)C(CO)OC(OC3(CO)COC(OC4CCC5(C)C(CCC6(C)C5CC=C5C7CC(C)(C)CCC7(C(=O)OC7OC(COC8OC(CO)C(O)C(O)C8O)C(O)C(O)C7O)CCC56C)C4(C)CO)C(O)C3O)C2O)C(OC2OCC(O)C(O)C2O)C(O)C1O. The summed E-state index contributed by atoms with van der Waals surface area (Å²) < 4.78 is 70.9. The summed E-state index contributed by atoms with van der Waals surface area (Å²) in [6.45, 7) is 9.70. The van der Waals surface area contributed by atoms with Crippen LogP contribution in [0.25, 0.3) is 0 Å². The number of carbonyl (C=O) groups is 1. The van der Waals surface area contributed by atoms with Gasteiger partial charge in [0.15, 0.2) is 31.5 Å². The molecule has 10 fully saturated rings. The molecule has 5 aliphatic carbocycles. The molecule has 0 bridgehead atoms. The Hall–Kier alpha value is -1.99. The number of fused-ring (bicyclic) bond motifs is 7. The van der Waals surface area contributed by atoms with Crippen LogP contribution < -0.4 is 0 Å². The van der Waals surface area contributed by atoms with E-state index in [9.17, 15) is 97.0 Å². The molecule has 11 rings (SSSR count). The van der Waals surface area contributed by atoms with Gasteiger partial charge in [0.25, 0.3) is 0 Å². The molecule has 558 valence electrons. The fourth-order valence-electron chi connectivity index (χ4n) is 19.0. The molecule has 6 saturated heterocycles. The fraction of sp³-hybridized carbons (Fsp3) is 0.954. The van der Waals surface area contributed by atoms with Crippen LogP contribution in [0, 0.1) is 50.2 Å². The molecular weight excluding hydrogens is 1290 g/mol. The minimum atomic E-state index is -2.29. The summed E-state index contributed by atoms with van der Waals surface area (Å²) in [6, 6.07) is 0. The average molecular weight is 1400 g/mol. The van der Waals surface area contributed by atoms with Gasteiger partial charge in [-0.25, -0.2) is 0 Å². The summed E-state index contributed by atoms with van der Waals surface area (Å²) in [4.78, 5) is 15.2. The summed E-state index contributed by atoms with van der Waals surface area (Å²) in [5, 5.41) is 207. The quantitative estimate of drug-likeness (QED) is 0.0367. The molecule has 0 aromatic rings. The van der Waals surface area contributed by atoms with Crippen molar-refractivity contribution < 1.29 is 159 Å². The number of allylic oxidation sites excluding steroid dienone is 2. The van der Waals surface area contributed by atoms with Crippen LogP contribution in [-0.4, -0.2) is 327 Å². The number of aliphatic hydroxyl groups is 19. The van der Waals surface area contributed by atoms with E-state index in [2.05, 4.69) is 40.7 Å². The van der Waals surface area contributed by atoms with Crippen LogP contribution in [0.3, 0.4) is 0 Å². The number of ether oxygens (including phenoxy) is 12. The van der Waals surface area contributed by atoms with E-state index in [1.165, 1.54) is 6.92 Å². The first-order chi connectivity index (χ1) is 45.6. The molecule has 6 aliphatic heterocycles. The third kappa shape index (κ3) is 12.9. The van der Waals surface area contributed by atoms with E-state index in [0.29, 0.717) is 64.2 Å². The molecule has 37 atom stereocenters. The molecule has 0 aromatic heterocycles. The number of rotatable bonds is 17. The van der Waals surface area contributed by atoms with Gasteiger partial charge in [0.1, 0.15) is 128 Å². The molecule has 37 unspecified atom stereocenters. The number of hydrogen-bond acceptors (Lipinski definition) is 32. The van der Waals surface area contributed by atoms with E-state index in [0.717, 1.165) is 5.57 Å². The molecule has 32 nitrogen and oxygen atoms in total. The normalized spacial score (nSPS) is 54.7. The van der Waals surface area contributed by atoms with Crippen LogP contribution in [0.5, 0.6) is 0 Å². The summed E-state index contributed by atoms with van der Waals surface area (Å²) in [5.74, 6) is -1.06. The standard InChI is InChI=1S/C65H106O32/c1-26-36(71)43(78)50(95-53-44(79)37(72)29(70)21-86-53)57(89-26)94-49-40(75)31(20-67)91-56(47(49)82)97-65(24-69)25-88-54(48(83)51(65)84)93-35-11-12-60(4)33(61(35,5)23-68)10-13-63(7)34(60)9-8-27-28-18-59(2,3)14-16-64(28,17-15-62(27,63)6)58(85)96-55-46(81)42(77)39(74)32(92-55)22-87-52-45(80)41(76)38(73)30(19-66)90-52/h8,26,28-57,66-84H,9-25H2,1-7H3. The predicted octanol–water partition coefficient (Wildman–Crippen LogP) is -5.75. The van der Waals surface area contributed by atoms with Gasteiger partial charge >= 0.3 is 5.97 Å². The minimum absolute atomic E-state index is 0.0507. The second-order valence-electron chi connectivity index (χ2n) is 31.5. The van der Waals surface area contributed by atoms with E-state index in [-0.39, 0.29) is 35.2 Å². The maximum absolute atomic E-state index is 15.2. The number of carbonyl (C=O) groups excluding carboxylic acids is 1. The first-order valence-electron chi connectivity index (χ1n) is 34.2. The molecule has 0 spiro atoms. The molecule has 0 radical (unpaired) electrons. The van der Waals surface area contributed by atoms with E-state index in [1.54, 1.807) is 0 Å². The van der Waals surface area contributed by atoms with Crippen molar-refractivity contribution in [3.8, 4) is 0 Å². The van der Waals surface area contributed by atoms with E-state index < -0.39 is 245 Å². The van der Waals surface area contributed by atoms with Crippen molar-refractivity contribution in [2.24, 2.45) is 50.2 Å². The van der Waals surface area contributed by atoms with Crippen molar-refractivity contribution in [3.05, 3.63) is 11.6 Å². The summed E-state index contributed by atoms with van der Waals surface area (Å²) >= 11 is 0. The van der Waals surface area contributed by atoms with Crippen LogP contribution in [-0.2, 0) is 61.6 Å². The highest BCUT2D eigenvalue weighted by molar-refractivity contribution is 5.79. The topological polar surface area (TPSA) is 512 Å². The Morgan fingerprint density at radius 3 is 1.81 bits per heavy atom. The smallest absolute Gasteiger partial charge is 0.315 e. The summed E-state index contributed by atoms with van der Waals surface area (Å²) in [5.41, 5.74) is -4.61. The molecule has 97 heavy (non-hydrogen) atoms. The summed E-state index contributed by atoms with van der Waals surface area (Å²) in [6.07, 6.45) is -39.6. The van der Waals surface area contributed by atoms with E-state index >= 15 is 4.79 Å². The van der Waals surface area contributed by atoms with Crippen LogP contribution in [0.2, 0.25) is 0 Å². The highest BCUT2D eigenvalue weighted by Crippen LogP contribution is 2.76. The highest BCUT2D eigenvalue weighted by Gasteiger charge is 2.71. The fourth-order valence-corrected chi connectivity index (χ4v) is 19.0. The number of hydrogen-bond donors (Lipinski definition) is 19. The lowest BCUT2D eigenvalue weighted by atomic mass is 9.33. The predicted molar refractivity (Wildman–Crippen MR) is 322 cm³/mol. The second-order valence-corrected chi connectivity index (χ2v) is 31.5. The van der Waals surface area contributed by atoms with Crippen molar-refractivity contribution in [2.45, 2.75) is 290 Å². The van der Waals surface area contributed by atoms with Gasteiger partial charge in [0.2, 0.25) is 6.29 Å². The van der Waals surface area contributed by atoms with Gasteiger partial charge < -0.3 is 154 Å². The molecule has 32 heteroatoms. The lowest BCUT2D eigenvalue weighted by Crippen LogP contribution is -2.70. The third-order valence-corrected chi connectivity index (χ3v) is 25.5.